The van der Waals surface area contributed by atoms with Crippen LogP contribution in [0.5, 0.6) is 0 Å². The molecule has 0 aliphatic rings. The standard InChI is InChI=1S/C6H10F3NO.C3H8/c1-4(2)3-10-5(11)6(7,8)9;1-3-2/h4H,3H2,1-2H3,(H,10,11);3H2,1-2H3. The predicted molar refractivity (Wildman–Crippen MR) is 49.9 cm³/mol. The van der Waals surface area contributed by atoms with Gasteiger partial charge >= 0.3 is 12.1 Å². The summed E-state index contributed by atoms with van der Waals surface area (Å²) in [6.07, 6.45) is -3.51. The first-order chi connectivity index (χ1) is 6.25. The number of hydrogen-bond acceptors (Lipinski definition) is 1. The topological polar surface area (TPSA) is 29.1 Å². The second kappa shape index (κ2) is 7.64. The normalized spacial score (nSPS) is 10.6. The van der Waals surface area contributed by atoms with Gasteiger partial charge in [0.05, 0.1) is 0 Å². The molecule has 2 nitrogen and oxygen atoms in total. The molecule has 0 saturated carbocycles. The van der Waals surface area contributed by atoms with Crippen LogP contribution >= 0.6 is 0 Å². The van der Waals surface area contributed by atoms with Crippen LogP contribution in [-0.4, -0.2) is 18.6 Å². The van der Waals surface area contributed by atoms with Gasteiger partial charge in [0, 0.05) is 6.54 Å². The summed E-state index contributed by atoms with van der Waals surface area (Å²) in [7, 11) is 0. The molecule has 0 aromatic rings. The number of carbonyl (C=O) groups is 1. The number of nitrogens with one attached hydrogen (secondary N) is 1. The van der Waals surface area contributed by atoms with Gasteiger partial charge in [-0.1, -0.05) is 34.1 Å². The van der Waals surface area contributed by atoms with Gasteiger partial charge in [0.15, 0.2) is 0 Å². The summed E-state index contributed by atoms with van der Waals surface area (Å²) in [6.45, 7) is 7.74. The molecule has 0 fully saturated rings. The van der Waals surface area contributed by atoms with Crippen molar-refractivity contribution in [2.75, 3.05) is 6.54 Å². The smallest absolute Gasteiger partial charge is 0.348 e. The molecule has 0 atom stereocenters. The summed E-state index contributed by atoms with van der Waals surface area (Å²) in [5.41, 5.74) is 0. The molecule has 1 amide bonds. The Balaban J connectivity index is 0. The van der Waals surface area contributed by atoms with E-state index >= 15 is 0 Å². The van der Waals surface area contributed by atoms with Crippen LogP contribution in [0.25, 0.3) is 0 Å². The van der Waals surface area contributed by atoms with Crippen molar-refractivity contribution in [2.24, 2.45) is 5.92 Å². The zero-order chi connectivity index (χ0) is 11.8. The highest BCUT2D eigenvalue weighted by atomic mass is 19.4. The minimum absolute atomic E-state index is 0.0290. The molecule has 0 saturated heterocycles. The largest absolute Gasteiger partial charge is 0.471 e. The van der Waals surface area contributed by atoms with Gasteiger partial charge in [-0.05, 0) is 5.92 Å². The second-order valence-corrected chi connectivity index (χ2v) is 3.31. The van der Waals surface area contributed by atoms with Crippen LogP contribution in [-0.2, 0) is 4.79 Å². The first-order valence-electron chi connectivity index (χ1n) is 4.60. The van der Waals surface area contributed by atoms with Crippen molar-refractivity contribution in [3.8, 4) is 0 Å². The molecule has 1 N–H and O–H groups in total. The molecule has 0 heterocycles. The number of rotatable bonds is 2. The van der Waals surface area contributed by atoms with E-state index in [0.29, 0.717) is 0 Å². The maximum atomic E-state index is 11.5. The van der Waals surface area contributed by atoms with E-state index in [4.69, 9.17) is 0 Å². The van der Waals surface area contributed by atoms with Crippen LogP contribution in [0.15, 0.2) is 0 Å². The van der Waals surface area contributed by atoms with Crippen molar-refractivity contribution in [3.05, 3.63) is 0 Å². The third kappa shape index (κ3) is 11.3. The van der Waals surface area contributed by atoms with Crippen LogP contribution in [0.4, 0.5) is 13.2 Å². The monoisotopic (exact) mass is 213 g/mol. The van der Waals surface area contributed by atoms with Gasteiger partial charge < -0.3 is 5.32 Å². The third-order valence-electron chi connectivity index (χ3n) is 0.928. The van der Waals surface area contributed by atoms with Crippen LogP contribution in [0, 0.1) is 5.92 Å². The maximum Gasteiger partial charge on any atom is 0.471 e. The molecule has 0 radical (unpaired) electrons. The summed E-state index contributed by atoms with van der Waals surface area (Å²) in [4.78, 5) is 10.1. The first kappa shape index (κ1) is 15.7. The molecule has 0 rings (SSSR count). The number of alkyl halides is 3. The average molecular weight is 213 g/mol. The lowest BCUT2D eigenvalue weighted by Crippen LogP contribution is -2.38. The Hall–Kier alpha value is -0.740. The second-order valence-electron chi connectivity index (χ2n) is 3.31. The molecule has 86 valence electrons. The fourth-order valence-corrected chi connectivity index (χ4v) is 0.397. The molecule has 0 aromatic heterocycles. The summed E-state index contributed by atoms with van der Waals surface area (Å²) in [5.74, 6) is -1.84. The highest BCUT2D eigenvalue weighted by Crippen LogP contribution is 2.13. The number of hydrogen-bond donors (Lipinski definition) is 1. The van der Waals surface area contributed by atoms with Gasteiger partial charge in [0.25, 0.3) is 0 Å². The van der Waals surface area contributed by atoms with Gasteiger partial charge in [0.1, 0.15) is 0 Å². The minimum atomic E-state index is -4.76. The van der Waals surface area contributed by atoms with E-state index in [9.17, 15) is 18.0 Å². The molecule has 5 heteroatoms. The van der Waals surface area contributed by atoms with E-state index in [2.05, 4.69) is 13.8 Å². The highest BCUT2D eigenvalue weighted by Gasteiger charge is 2.38. The van der Waals surface area contributed by atoms with Gasteiger partial charge in [-0.3, -0.25) is 4.79 Å². The van der Waals surface area contributed by atoms with Crippen molar-refractivity contribution < 1.29 is 18.0 Å². The first-order valence-corrected chi connectivity index (χ1v) is 4.60. The van der Waals surface area contributed by atoms with Crippen molar-refractivity contribution in [3.63, 3.8) is 0 Å². The Kier molecular flexibility index (Phi) is 8.58. The molecule has 14 heavy (non-hydrogen) atoms. The van der Waals surface area contributed by atoms with Gasteiger partial charge in [-0.25, -0.2) is 0 Å². The predicted octanol–water partition coefficient (Wildman–Crippen LogP) is 2.74. The molecular formula is C9H18F3NO. The van der Waals surface area contributed by atoms with Gasteiger partial charge in [0.2, 0.25) is 0 Å². The average Bonchev–Trinajstić information content (AvgIpc) is 1.99. The SMILES string of the molecule is CC(C)CNC(=O)C(F)(F)F.CCC. The van der Waals surface area contributed by atoms with Crippen LogP contribution in [0.2, 0.25) is 0 Å². The third-order valence-corrected chi connectivity index (χ3v) is 0.928. The Morgan fingerprint density at radius 3 is 1.86 bits per heavy atom. The number of carbonyl (C=O) groups excluding carboxylic acids is 1. The van der Waals surface area contributed by atoms with Crippen molar-refractivity contribution in [1.82, 2.24) is 5.32 Å². The Bertz CT molecular complexity index is 155. The quantitative estimate of drug-likeness (QED) is 0.750. The molecular weight excluding hydrogens is 195 g/mol. The minimum Gasteiger partial charge on any atom is -0.348 e. The summed E-state index contributed by atoms with van der Waals surface area (Å²) < 4.78 is 34.5. The van der Waals surface area contributed by atoms with Crippen molar-refractivity contribution >= 4 is 5.91 Å². The van der Waals surface area contributed by atoms with Gasteiger partial charge in [-0.2, -0.15) is 13.2 Å². The fourth-order valence-electron chi connectivity index (χ4n) is 0.397. The van der Waals surface area contributed by atoms with E-state index in [-0.39, 0.29) is 12.5 Å². The lowest BCUT2D eigenvalue weighted by atomic mass is 10.2. The molecule has 0 aliphatic heterocycles. The van der Waals surface area contributed by atoms with E-state index in [1.807, 2.05) is 0 Å². The molecule has 0 aromatic carbocycles. The highest BCUT2D eigenvalue weighted by molar-refractivity contribution is 5.81. The molecule has 0 aliphatic carbocycles. The summed E-state index contributed by atoms with van der Waals surface area (Å²) in [6, 6.07) is 0. The van der Waals surface area contributed by atoms with E-state index in [0.717, 1.165) is 0 Å². The van der Waals surface area contributed by atoms with E-state index in [1.54, 1.807) is 19.2 Å². The summed E-state index contributed by atoms with van der Waals surface area (Å²) >= 11 is 0. The molecule has 0 unspecified atom stereocenters. The van der Waals surface area contributed by atoms with Crippen LogP contribution in [0.3, 0.4) is 0 Å². The van der Waals surface area contributed by atoms with Crippen molar-refractivity contribution in [1.29, 1.82) is 0 Å². The lowest BCUT2D eigenvalue weighted by molar-refractivity contribution is -0.173. The number of halogens is 3. The van der Waals surface area contributed by atoms with E-state index in [1.165, 1.54) is 6.42 Å². The maximum absolute atomic E-state index is 11.5. The molecule has 0 bridgehead atoms. The van der Waals surface area contributed by atoms with E-state index < -0.39 is 12.1 Å². The Morgan fingerprint density at radius 1 is 1.29 bits per heavy atom. The van der Waals surface area contributed by atoms with Crippen LogP contribution < -0.4 is 5.32 Å². The lowest BCUT2D eigenvalue weighted by Gasteiger charge is -2.08. The zero-order valence-electron chi connectivity index (χ0n) is 9.03. The Labute approximate surface area is 82.9 Å². The summed E-state index contributed by atoms with van der Waals surface area (Å²) in [5, 5.41) is 1.76. The number of amides is 1. The van der Waals surface area contributed by atoms with Crippen molar-refractivity contribution in [2.45, 2.75) is 40.3 Å². The molecule has 0 spiro atoms. The van der Waals surface area contributed by atoms with Crippen LogP contribution in [0.1, 0.15) is 34.1 Å². The zero-order valence-corrected chi connectivity index (χ0v) is 9.03. The fraction of sp³-hybridized carbons (Fsp3) is 0.889. The van der Waals surface area contributed by atoms with Gasteiger partial charge in [-0.15, -0.1) is 0 Å². The Morgan fingerprint density at radius 2 is 1.64 bits per heavy atom.